The lowest BCUT2D eigenvalue weighted by Gasteiger charge is -2.23. The van der Waals surface area contributed by atoms with Gasteiger partial charge in [-0.25, -0.2) is 4.98 Å². The number of hydrogen-bond donors (Lipinski definition) is 1. The highest BCUT2D eigenvalue weighted by Gasteiger charge is 2.34. The number of nitrogens with zero attached hydrogens (tertiary/aromatic N) is 3. The van der Waals surface area contributed by atoms with Crippen LogP contribution >= 0.6 is 11.6 Å². The van der Waals surface area contributed by atoms with E-state index >= 15 is 0 Å². The highest BCUT2D eigenvalue weighted by atomic mass is 35.5. The summed E-state index contributed by atoms with van der Waals surface area (Å²) in [5.74, 6) is -0.524. The molecule has 1 heterocycles. The summed E-state index contributed by atoms with van der Waals surface area (Å²) in [4.78, 5) is 14.0. The minimum absolute atomic E-state index is 0.175. The van der Waals surface area contributed by atoms with Gasteiger partial charge in [0.2, 0.25) is 5.82 Å². The Morgan fingerprint density at radius 1 is 1.47 bits per heavy atom. The Kier molecular flexibility index (Phi) is 4.90. The summed E-state index contributed by atoms with van der Waals surface area (Å²) in [6.45, 7) is -2.53. The number of aromatic nitrogens is 1. The van der Waals surface area contributed by atoms with E-state index in [1.54, 1.807) is 0 Å². The third-order valence-electron chi connectivity index (χ3n) is 2.06. The van der Waals surface area contributed by atoms with E-state index in [4.69, 9.17) is 16.7 Å². The van der Waals surface area contributed by atoms with Crippen LogP contribution in [0.5, 0.6) is 0 Å². The third kappa shape index (κ3) is 4.52. The zero-order valence-electron chi connectivity index (χ0n) is 9.39. The van der Waals surface area contributed by atoms with Crippen molar-refractivity contribution >= 4 is 23.1 Å². The second-order valence-electron chi connectivity index (χ2n) is 3.49. The molecule has 0 saturated heterocycles. The Balaban J connectivity index is 3.20. The zero-order chi connectivity index (χ0) is 14.6. The van der Waals surface area contributed by atoms with Crippen LogP contribution in [-0.2, 0) is 0 Å². The topological polar surface area (TPSA) is 79.5 Å². The monoisotopic (exact) mass is 299 g/mol. The maximum atomic E-state index is 12.4. The molecule has 1 aromatic rings. The molecule has 0 bridgehead atoms. The Bertz CT molecular complexity index is 470. The van der Waals surface area contributed by atoms with Gasteiger partial charge in [-0.3, -0.25) is 10.1 Å². The van der Waals surface area contributed by atoms with Crippen LogP contribution in [-0.4, -0.2) is 40.9 Å². The molecule has 0 atom stereocenters. The summed E-state index contributed by atoms with van der Waals surface area (Å²) in [6.07, 6.45) is -4.59. The molecule has 1 rings (SSSR count). The molecule has 19 heavy (non-hydrogen) atoms. The van der Waals surface area contributed by atoms with Crippen LogP contribution in [0, 0.1) is 10.1 Å². The lowest BCUT2D eigenvalue weighted by molar-refractivity contribution is -0.384. The van der Waals surface area contributed by atoms with Crippen molar-refractivity contribution in [2.45, 2.75) is 6.18 Å². The second kappa shape index (κ2) is 6.02. The fourth-order valence-electron chi connectivity index (χ4n) is 1.39. The minimum atomic E-state index is -4.59. The van der Waals surface area contributed by atoms with Gasteiger partial charge in [0, 0.05) is 12.6 Å². The summed E-state index contributed by atoms with van der Waals surface area (Å²) < 4.78 is 37.2. The van der Waals surface area contributed by atoms with E-state index in [2.05, 4.69) is 4.98 Å². The molecule has 106 valence electrons. The average Bonchev–Trinajstić information content (AvgIpc) is 2.26. The molecule has 0 radical (unpaired) electrons. The Labute approximate surface area is 110 Å². The zero-order valence-corrected chi connectivity index (χ0v) is 10.1. The SMILES string of the molecule is O=[N+]([O-])c1ccc(Cl)nc1N(CCO)CC(F)(F)F. The summed E-state index contributed by atoms with van der Waals surface area (Å²) >= 11 is 5.53. The number of rotatable bonds is 5. The van der Waals surface area contributed by atoms with Crippen molar-refractivity contribution in [3.63, 3.8) is 0 Å². The van der Waals surface area contributed by atoms with Gasteiger partial charge < -0.3 is 10.0 Å². The van der Waals surface area contributed by atoms with Crippen LogP contribution in [0.4, 0.5) is 24.7 Å². The molecule has 0 saturated carbocycles. The van der Waals surface area contributed by atoms with E-state index in [0.29, 0.717) is 4.90 Å². The maximum absolute atomic E-state index is 12.4. The molecule has 0 unspecified atom stereocenters. The first-order chi connectivity index (χ1) is 8.74. The first-order valence-corrected chi connectivity index (χ1v) is 5.36. The highest BCUT2D eigenvalue weighted by molar-refractivity contribution is 6.29. The Morgan fingerprint density at radius 3 is 2.58 bits per heavy atom. The molecule has 0 aliphatic carbocycles. The lowest BCUT2D eigenvalue weighted by atomic mass is 10.3. The molecule has 10 heteroatoms. The quantitative estimate of drug-likeness (QED) is 0.511. The molecule has 0 aliphatic rings. The van der Waals surface area contributed by atoms with Crippen molar-refractivity contribution in [2.75, 3.05) is 24.6 Å². The van der Waals surface area contributed by atoms with Crippen LogP contribution in [0.15, 0.2) is 12.1 Å². The van der Waals surface area contributed by atoms with Gasteiger partial charge in [0.05, 0.1) is 11.5 Å². The predicted molar refractivity (Wildman–Crippen MR) is 61.3 cm³/mol. The van der Waals surface area contributed by atoms with Gasteiger partial charge in [0.1, 0.15) is 11.7 Å². The molecule has 6 nitrogen and oxygen atoms in total. The number of alkyl halides is 3. The molecule has 0 fully saturated rings. The van der Waals surface area contributed by atoms with E-state index in [1.807, 2.05) is 0 Å². The molecule has 1 N–H and O–H groups in total. The van der Waals surface area contributed by atoms with Gasteiger partial charge in [0.25, 0.3) is 0 Å². The fraction of sp³-hybridized carbons (Fsp3) is 0.444. The van der Waals surface area contributed by atoms with E-state index in [-0.39, 0.29) is 5.15 Å². The molecule has 1 aromatic heterocycles. The standard InChI is InChI=1S/C9H9ClF3N3O3/c10-7-2-1-6(16(18)19)8(14-7)15(3-4-17)5-9(11,12)13/h1-2,17H,3-5H2. The number of aliphatic hydroxyl groups excluding tert-OH is 1. The van der Waals surface area contributed by atoms with E-state index in [9.17, 15) is 23.3 Å². The first kappa shape index (κ1) is 15.4. The average molecular weight is 300 g/mol. The summed E-state index contributed by atoms with van der Waals surface area (Å²) in [7, 11) is 0. The lowest BCUT2D eigenvalue weighted by Crippen LogP contribution is -2.37. The Hall–Kier alpha value is -1.61. The highest BCUT2D eigenvalue weighted by Crippen LogP contribution is 2.29. The normalized spacial score (nSPS) is 11.4. The second-order valence-corrected chi connectivity index (χ2v) is 3.88. The van der Waals surface area contributed by atoms with Crippen molar-refractivity contribution in [3.05, 3.63) is 27.4 Å². The number of hydrogen-bond acceptors (Lipinski definition) is 5. The van der Waals surface area contributed by atoms with Crippen molar-refractivity contribution in [1.82, 2.24) is 4.98 Å². The molecule has 0 amide bonds. The van der Waals surface area contributed by atoms with Crippen LogP contribution in [0.25, 0.3) is 0 Å². The van der Waals surface area contributed by atoms with E-state index in [0.717, 1.165) is 12.1 Å². The van der Waals surface area contributed by atoms with Crippen LogP contribution in [0.3, 0.4) is 0 Å². The number of pyridine rings is 1. The Morgan fingerprint density at radius 2 is 2.11 bits per heavy atom. The predicted octanol–water partition coefficient (Wildman–Crippen LogP) is 2.00. The van der Waals surface area contributed by atoms with Crippen molar-refractivity contribution < 1.29 is 23.2 Å². The largest absolute Gasteiger partial charge is 0.405 e. The van der Waals surface area contributed by atoms with Crippen molar-refractivity contribution in [1.29, 1.82) is 0 Å². The number of nitro groups is 1. The van der Waals surface area contributed by atoms with Gasteiger partial charge in [-0.1, -0.05) is 11.6 Å². The molecule has 0 aromatic carbocycles. The molecular formula is C9H9ClF3N3O3. The maximum Gasteiger partial charge on any atom is 0.405 e. The fourth-order valence-corrected chi connectivity index (χ4v) is 1.53. The van der Waals surface area contributed by atoms with Crippen LogP contribution in [0.1, 0.15) is 0 Å². The minimum Gasteiger partial charge on any atom is -0.395 e. The van der Waals surface area contributed by atoms with Crippen molar-refractivity contribution in [2.24, 2.45) is 0 Å². The van der Waals surface area contributed by atoms with Gasteiger partial charge in [-0.15, -0.1) is 0 Å². The summed E-state index contributed by atoms with van der Waals surface area (Å²) in [5, 5.41) is 19.3. The number of anilines is 1. The smallest absolute Gasteiger partial charge is 0.395 e. The molecule has 0 spiro atoms. The van der Waals surface area contributed by atoms with E-state index in [1.165, 1.54) is 0 Å². The molecule has 0 aliphatic heterocycles. The van der Waals surface area contributed by atoms with Crippen LogP contribution < -0.4 is 4.90 Å². The van der Waals surface area contributed by atoms with Gasteiger partial charge in [-0.2, -0.15) is 13.2 Å². The van der Waals surface area contributed by atoms with Crippen LogP contribution in [0.2, 0.25) is 5.15 Å². The van der Waals surface area contributed by atoms with Gasteiger partial charge >= 0.3 is 11.9 Å². The number of aliphatic hydroxyl groups is 1. The van der Waals surface area contributed by atoms with Crippen molar-refractivity contribution in [3.8, 4) is 0 Å². The van der Waals surface area contributed by atoms with Gasteiger partial charge in [-0.05, 0) is 6.07 Å². The summed E-state index contributed by atoms with van der Waals surface area (Å²) in [5.41, 5.74) is -0.609. The molecular weight excluding hydrogens is 291 g/mol. The number of halogens is 4. The first-order valence-electron chi connectivity index (χ1n) is 4.98. The summed E-state index contributed by atoms with van der Waals surface area (Å²) in [6, 6.07) is 2.07. The third-order valence-corrected chi connectivity index (χ3v) is 2.27. The van der Waals surface area contributed by atoms with E-state index < -0.39 is 42.3 Å². The van der Waals surface area contributed by atoms with Gasteiger partial charge in [0.15, 0.2) is 0 Å².